The average molecular weight is 316 g/mol. The first kappa shape index (κ1) is 14.2. The lowest BCUT2D eigenvalue weighted by Gasteiger charge is -2.36. The third kappa shape index (κ3) is 5.10. The summed E-state index contributed by atoms with van der Waals surface area (Å²) in [6.45, 7) is 3.09. The van der Waals surface area contributed by atoms with E-state index in [4.69, 9.17) is 19.3 Å². The first-order chi connectivity index (χ1) is 11.6. The predicted octanol–water partition coefficient (Wildman–Crippen LogP) is 1.29. The predicted molar refractivity (Wildman–Crippen MR) is 84.2 cm³/mol. The number of hydrogen-bond acceptors (Lipinski definition) is 5. The number of esters is 1. The molecule has 3 N–H and O–H groups in total. The zero-order valence-electron chi connectivity index (χ0n) is 16.4. The van der Waals surface area contributed by atoms with E-state index in [0.717, 1.165) is 12.8 Å². The molecule has 1 aliphatic rings. The fourth-order valence-electron chi connectivity index (χ4n) is 2.54. The van der Waals surface area contributed by atoms with E-state index in [2.05, 4.69) is 5.32 Å². The maximum absolute atomic E-state index is 12.0. The van der Waals surface area contributed by atoms with Gasteiger partial charge in [-0.1, -0.05) is 13.8 Å². The molecule has 0 bridgehead atoms. The van der Waals surface area contributed by atoms with E-state index >= 15 is 0 Å². The Morgan fingerprint density at radius 3 is 2.68 bits per heavy atom. The highest BCUT2D eigenvalue weighted by atomic mass is 16.5. The van der Waals surface area contributed by atoms with Crippen LogP contribution in [0.2, 0.25) is 0 Å². The van der Waals surface area contributed by atoms with Crippen LogP contribution in [0.4, 0.5) is 0 Å². The van der Waals surface area contributed by atoms with Gasteiger partial charge in [-0.05, 0) is 32.3 Å². The van der Waals surface area contributed by atoms with Crippen molar-refractivity contribution in [1.82, 2.24) is 5.32 Å². The van der Waals surface area contributed by atoms with Gasteiger partial charge in [-0.15, -0.1) is 0 Å². The van der Waals surface area contributed by atoms with E-state index in [-0.39, 0.29) is 19.1 Å². The molecule has 0 aliphatic heterocycles. The van der Waals surface area contributed by atoms with Crippen molar-refractivity contribution < 1.29 is 23.2 Å². The number of amides is 1. The molecule has 0 radical (unpaired) electrons. The van der Waals surface area contributed by atoms with Crippen LogP contribution in [0.3, 0.4) is 0 Å². The van der Waals surface area contributed by atoms with Crippen LogP contribution in [0.1, 0.15) is 51.0 Å². The maximum atomic E-state index is 12.0. The molecule has 0 fully saturated rings. The quantitative estimate of drug-likeness (QED) is 0.545. The molecule has 0 aromatic carbocycles. The SMILES string of the molecule is [2H][13C]([2H])([2H])C(=O)N[C@@H]1[C@@H](N)CC(C(=O)OCC)=C[C@H]1OC(CC)CC. The number of nitrogens with two attached hydrogens (primary N) is 1. The van der Waals surface area contributed by atoms with Crippen LogP contribution in [0.5, 0.6) is 0 Å². The van der Waals surface area contributed by atoms with Crippen molar-refractivity contribution >= 4 is 11.9 Å². The van der Waals surface area contributed by atoms with Crippen molar-refractivity contribution in [2.75, 3.05) is 6.61 Å². The molecule has 126 valence electrons. The van der Waals surface area contributed by atoms with Crippen LogP contribution in [0.15, 0.2) is 11.6 Å². The smallest absolute Gasteiger partial charge is 0.333 e. The lowest BCUT2D eigenvalue weighted by atomic mass is 9.88. The number of hydrogen-bond donors (Lipinski definition) is 2. The topological polar surface area (TPSA) is 90.7 Å². The van der Waals surface area contributed by atoms with Gasteiger partial charge >= 0.3 is 5.97 Å². The van der Waals surface area contributed by atoms with E-state index < -0.39 is 36.9 Å². The van der Waals surface area contributed by atoms with Crippen LogP contribution in [-0.2, 0) is 19.1 Å². The summed E-state index contributed by atoms with van der Waals surface area (Å²) >= 11 is 0. The molecule has 1 rings (SSSR count). The molecule has 3 atom stereocenters. The molecule has 0 saturated heterocycles. The highest BCUT2D eigenvalue weighted by Crippen LogP contribution is 2.24. The molecule has 0 heterocycles. The Hall–Kier alpha value is -1.40. The highest BCUT2D eigenvalue weighted by molar-refractivity contribution is 5.89. The van der Waals surface area contributed by atoms with Gasteiger partial charge in [0.2, 0.25) is 5.91 Å². The summed E-state index contributed by atoms with van der Waals surface area (Å²) in [5.74, 6) is -1.56. The zero-order chi connectivity index (χ0) is 19.2. The molecule has 0 aromatic heterocycles. The normalized spacial score (nSPS) is 27.4. The summed E-state index contributed by atoms with van der Waals surface area (Å²) in [6, 6.07) is -1.39. The minimum atomic E-state index is -2.77. The number of carbonyl (C=O) groups excluding carboxylic acids is 2. The fraction of sp³-hybridized carbons (Fsp3) is 0.750. The third-order valence-corrected chi connectivity index (χ3v) is 3.73. The van der Waals surface area contributed by atoms with Crippen molar-refractivity contribution in [1.29, 1.82) is 0 Å². The number of ether oxygens (including phenoxy) is 2. The Bertz CT molecular complexity index is 504. The third-order valence-electron chi connectivity index (χ3n) is 3.73. The second kappa shape index (κ2) is 8.90. The van der Waals surface area contributed by atoms with E-state index in [1.807, 2.05) is 13.8 Å². The number of rotatable bonds is 7. The molecule has 22 heavy (non-hydrogen) atoms. The van der Waals surface area contributed by atoms with Crippen molar-refractivity contribution in [2.45, 2.75) is 71.2 Å². The van der Waals surface area contributed by atoms with Gasteiger partial charge in [-0.25, -0.2) is 4.79 Å². The molecule has 0 spiro atoms. The first-order valence-electron chi connectivity index (χ1n) is 9.23. The van der Waals surface area contributed by atoms with Crippen molar-refractivity contribution in [2.24, 2.45) is 5.73 Å². The number of carbonyl (C=O) groups is 2. The second-order valence-electron chi connectivity index (χ2n) is 5.32. The second-order valence-corrected chi connectivity index (χ2v) is 5.32. The zero-order valence-corrected chi connectivity index (χ0v) is 13.4. The van der Waals surface area contributed by atoms with Crippen molar-refractivity contribution in [3.8, 4) is 0 Å². The molecule has 0 unspecified atom stereocenters. The average Bonchev–Trinajstić information content (AvgIpc) is 2.54. The van der Waals surface area contributed by atoms with Crippen molar-refractivity contribution in [3.05, 3.63) is 11.6 Å². The van der Waals surface area contributed by atoms with Gasteiger partial charge in [0, 0.05) is 22.6 Å². The minimum Gasteiger partial charge on any atom is -0.463 e. The molecule has 6 heteroatoms. The molecule has 1 amide bonds. The monoisotopic (exact) mass is 316 g/mol. The Morgan fingerprint density at radius 2 is 2.14 bits per heavy atom. The van der Waals surface area contributed by atoms with E-state index in [1.165, 1.54) is 0 Å². The van der Waals surface area contributed by atoms with E-state index in [1.54, 1.807) is 13.0 Å². The summed E-state index contributed by atoms with van der Waals surface area (Å²) in [7, 11) is 0. The summed E-state index contributed by atoms with van der Waals surface area (Å²) in [4.78, 5) is 23.9. The van der Waals surface area contributed by atoms with Gasteiger partial charge in [-0.3, -0.25) is 4.79 Å². The van der Waals surface area contributed by atoms with Gasteiger partial charge in [0.1, 0.15) is 0 Å². The minimum absolute atomic E-state index is 0.0952. The molecular formula is C16H28N2O4. The Kier molecular flexibility index (Phi) is 5.75. The van der Waals surface area contributed by atoms with Crippen LogP contribution in [0.25, 0.3) is 0 Å². The number of nitrogens with one attached hydrogen (secondary N) is 1. The van der Waals surface area contributed by atoms with E-state index in [0.29, 0.717) is 5.57 Å². The summed E-state index contributed by atoms with van der Waals surface area (Å²) in [5.41, 5.74) is 6.50. The Morgan fingerprint density at radius 1 is 1.45 bits per heavy atom. The highest BCUT2D eigenvalue weighted by Gasteiger charge is 2.35. The largest absolute Gasteiger partial charge is 0.463 e. The molecule has 6 nitrogen and oxygen atoms in total. The Balaban J connectivity index is 3.07. The standard InChI is InChI=1S/C16H28N2O4/c1-5-12(6-2)22-14-9-11(16(20)21-7-3)8-13(17)15(14)18-10(4)19/h9,12-15H,5-8,17H2,1-4H3,(H,18,19)/t13-,14+,15+/m0/s1/i4+1D3. The summed E-state index contributed by atoms with van der Waals surface area (Å²) in [5, 5.41) is 2.46. The molecule has 0 aromatic rings. The maximum Gasteiger partial charge on any atom is 0.333 e. The molecule has 1 aliphatic carbocycles. The van der Waals surface area contributed by atoms with Gasteiger partial charge in [0.25, 0.3) is 0 Å². The van der Waals surface area contributed by atoms with Gasteiger partial charge in [-0.2, -0.15) is 0 Å². The lowest BCUT2D eigenvalue weighted by Crippen LogP contribution is -2.57. The molecular weight excluding hydrogens is 285 g/mol. The van der Waals surface area contributed by atoms with Gasteiger partial charge in [0.15, 0.2) is 0 Å². The van der Waals surface area contributed by atoms with Crippen LogP contribution < -0.4 is 11.1 Å². The Labute approximate surface area is 136 Å². The van der Waals surface area contributed by atoms with Crippen LogP contribution in [0, 0.1) is 0 Å². The van der Waals surface area contributed by atoms with Crippen LogP contribution in [-0.4, -0.2) is 42.8 Å². The fourth-order valence-corrected chi connectivity index (χ4v) is 2.54. The summed E-state index contributed by atoms with van der Waals surface area (Å²) in [6.07, 6.45) is 2.45. The lowest BCUT2D eigenvalue weighted by molar-refractivity contribution is -0.139. The molecule has 0 saturated carbocycles. The van der Waals surface area contributed by atoms with Gasteiger partial charge in [0.05, 0.1) is 24.9 Å². The van der Waals surface area contributed by atoms with Crippen LogP contribution >= 0.6 is 0 Å². The van der Waals surface area contributed by atoms with Gasteiger partial charge < -0.3 is 20.5 Å². The first-order valence-corrected chi connectivity index (χ1v) is 7.73. The van der Waals surface area contributed by atoms with Crippen molar-refractivity contribution in [3.63, 3.8) is 0 Å². The van der Waals surface area contributed by atoms with E-state index in [9.17, 15) is 9.59 Å². The summed E-state index contributed by atoms with van der Waals surface area (Å²) < 4.78 is 32.6.